The zero-order chi connectivity index (χ0) is 15.1. The summed E-state index contributed by atoms with van der Waals surface area (Å²) in [7, 11) is 2.05. The van der Waals surface area contributed by atoms with E-state index >= 15 is 0 Å². The third-order valence-corrected chi connectivity index (χ3v) is 4.10. The summed E-state index contributed by atoms with van der Waals surface area (Å²) in [5.41, 5.74) is 4.07. The minimum absolute atomic E-state index is 0.406. The van der Waals surface area contributed by atoms with E-state index in [1.54, 1.807) is 0 Å². The molecule has 0 spiro atoms. The summed E-state index contributed by atoms with van der Waals surface area (Å²) in [6.45, 7) is 6.50. The van der Waals surface area contributed by atoms with E-state index in [9.17, 15) is 0 Å². The van der Waals surface area contributed by atoms with Gasteiger partial charge in [-0.1, -0.05) is 42.5 Å². The van der Waals surface area contributed by atoms with Crippen LogP contribution < -0.4 is 10.2 Å². The molecule has 0 heterocycles. The molecule has 112 valence electrons. The molecular formula is C19H26N2. The van der Waals surface area contributed by atoms with Crippen molar-refractivity contribution in [2.75, 3.05) is 25.0 Å². The number of nitrogens with zero attached hydrogens (tertiary/aromatic N) is 1. The Bertz CT molecular complexity index is 536. The minimum atomic E-state index is 0.406. The normalized spacial score (nSPS) is 12.1. The number of anilines is 1. The fraction of sp³-hybridized carbons (Fsp3) is 0.368. The molecule has 1 N–H and O–H groups in total. The molecule has 0 saturated carbocycles. The summed E-state index contributed by atoms with van der Waals surface area (Å²) >= 11 is 0. The maximum atomic E-state index is 3.46. The molecule has 0 aliphatic heterocycles. The molecule has 2 aromatic rings. The number of rotatable bonds is 7. The standard InChI is InChI=1S/C19H26N2/c1-4-21(17-11-6-5-7-12-17)15-14-19(20-3)18-13-9-8-10-16(18)2/h5-13,19-20H,4,14-15H2,1-3H3. The Morgan fingerprint density at radius 3 is 2.29 bits per heavy atom. The molecule has 2 heteroatoms. The van der Waals surface area contributed by atoms with Crippen LogP contribution in [-0.4, -0.2) is 20.1 Å². The van der Waals surface area contributed by atoms with Crippen molar-refractivity contribution in [3.8, 4) is 0 Å². The number of hydrogen-bond acceptors (Lipinski definition) is 2. The van der Waals surface area contributed by atoms with Crippen molar-refractivity contribution in [3.05, 3.63) is 65.7 Å². The number of benzene rings is 2. The van der Waals surface area contributed by atoms with Gasteiger partial charge in [-0.05, 0) is 50.6 Å². The summed E-state index contributed by atoms with van der Waals surface area (Å²) in [4.78, 5) is 2.43. The summed E-state index contributed by atoms with van der Waals surface area (Å²) in [6.07, 6.45) is 1.10. The summed E-state index contributed by atoms with van der Waals surface area (Å²) in [6, 6.07) is 19.7. The number of nitrogens with one attached hydrogen (secondary N) is 1. The molecule has 2 aromatic carbocycles. The van der Waals surface area contributed by atoms with Crippen LogP contribution in [0.4, 0.5) is 5.69 Å². The SMILES string of the molecule is CCN(CCC(NC)c1ccccc1C)c1ccccc1. The van der Waals surface area contributed by atoms with Crippen LogP contribution in [0.5, 0.6) is 0 Å². The monoisotopic (exact) mass is 282 g/mol. The van der Waals surface area contributed by atoms with Crippen LogP contribution >= 0.6 is 0 Å². The van der Waals surface area contributed by atoms with Crippen LogP contribution in [0, 0.1) is 6.92 Å². The average Bonchev–Trinajstić information content (AvgIpc) is 2.54. The van der Waals surface area contributed by atoms with Gasteiger partial charge in [0.1, 0.15) is 0 Å². The van der Waals surface area contributed by atoms with Crippen molar-refractivity contribution in [1.29, 1.82) is 0 Å². The maximum absolute atomic E-state index is 3.46. The molecule has 2 rings (SSSR count). The van der Waals surface area contributed by atoms with E-state index in [1.807, 2.05) is 0 Å². The van der Waals surface area contributed by atoms with Crippen LogP contribution in [0.3, 0.4) is 0 Å². The second-order valence-corrected chi connectivity index (χ2v) is 5.40. The van der Waals surface area contributed by atoms with Gasteiger partial charge in [0.05, 0.1) is 0 Å². The van der Waals surface area contributed by atoms with E-state index in [0.717, 1.165) is 19.5 Å². The first-order valence-corrected chi connectivity index (χ1v) is 7.79. The second-order valence-electron chi connectivity index (χ2n) is 5.40. The third kappa shape index (κ3) is 4.08. The van der Waals surface area contributed by atoms with Gasteiger partial charge in [0.2, 0.25) is 0 Å². The smallest absolute Gasteiger partial charge is 0.0366 e. The highest BCUT2D eigenvalue weighted by atomic mass is 15.1. The van der Waals surface area contributed by atoms with E-state index in [1.165, 1.54) is 16.8 Å². The topological polar surface area (TPSA) is 15.3 Å². The molecule has 0 bridgehead atoms. The minimum Gasteiger partial charge on any atom is -0.372 e. The van der Waals surface area contributed by atoms with Crippen LogP contribution in [0.2, 0.25) is 0 Å². The van der Waals surface area contributed by atoms with Gasteiger partial charge < -0.3 is 10.2 Å². The Morgan fingerprint density at radius 1 is 1.00 bits per heavy atom. The summed E-state index contributed by atoms with van der Waals surface area (Å²) < 4.78 is 0. The van der Waals surface area contributed by atoms with Crippen LogP contribution in [-0.2, 0) is 0 Å². The molecule has 0 aliphatic rings. The van der Waals surface area contributed by atoms with Gasteiger partial charge in [-0.15, -0.1) is 0 Å². The largest absolute Gasteiger partial charge is 0.372 e. The van der Waals surface area contributed by atoms with E-state index < -0.39 is 0 Å². The molecule has 1 atom stereocenters. The Hall–Kier alpha value is -1.80. The van der Waals surface area contributed by atoms with Gasteiger partial charge in [0.15, 0.2) is 0 Å². The van der Waals surface area contributed by atoms with Gasteiger partial charge in [-0.25, -0.2) is 0 Å². The molecular weight excluding hydrogens is 256 g/mol. The molecule has 21 heavy (non-hydrogen) atoms. The van der Waals surface area contributed by atoms with E-state index in [-0.39, 0.29) is 0 Å². The first-order chi connectivity index (χ1) is 10.3. The predicted octanol–water partition coefficient (Wildman–Crippen LogP) is 4.17. The molecule has 1 unspecified atom stereocenters. The van der Waals surface area contributed by atoms with Crippen molar-refractivity contribution in [2.45, 2.75) is 26.3 Å². The highest BCUT2D eigenvalue weighted by molar-refractivity contribution is 5.45. The van der Waals surface area contributed by atoms with Crippen LogP contribution in [0.15, 0.2) is 54.6 Å². The third-order valence-electron chi connectivity index (χ3n) is 4.10. The van der Waals surface area contributed by atoms with E-state index in [0.29, 0.717) is 6.04 Å². The van der Waals surface area contributed by atoms with Gasteiger partial charge in [0, 0.05) is 24.8 Å². The lowest BCUT2D eigenvalue weighted by molar-refractivity contribution is 0.541. The molecule has 0 radical (unpaired) electrons. The average molecular weight is 282 g/mol. The van der Waals surface area contributed by atoms with Crippen LogP contribution in [0.25, 0.3) is 0 Å². The molecule has 2 nitrogen and oxygen atoms in total. The van der Waals surface area contributed by atoms with Crippen molar-refractivity contribution < 1.29 is 0 Å². The maximum Gasteiger partial charge on any atom is 0.0366 e. The number of aryl methyl sites for hydroxylation is 1. The fourth-order valence-corrected chi connectivity index (χ4v) is 2.83. The van der Waals surface area contributed by atoms with E-state index in [4.69, 9.17) is 0 Å². The quantitative estimate of drug-likeness (QED) is 0.820. The first-order valence-electron chi connectivity index (χ1n) is 7.79. The first kappa shape index (κ1) is 15.6. The molecule has 0 saturated heterocycles. The lowest BCUT2D eigenvalue weighted by atomic mass is 9.98. The second kappa shape index (κ2) is 7.84. The van der Waals surface area contributed by atoms with Crippen molar-refractivity contribution >= 4 is 5.69 Å². The van der Waals surface area contributed by atoms with Gasteiger partial charge in [-0.3, -0.25) is 0 Å². The van der Waals surface area contributed by atoms with Crippen LogP contribution in [0.1, 0.15) is 30.5 Å². The highest BCUT2D eigenvalue weighted by Crippen LogP contribution is 2.22. The van der Waals surface area contributed by atoms with Crippen molar-refractivity contribution in [3.63, 3.8) is 0 Å². The van der Waals surface area contributed by atoms with E-state index in [2.05, 4.69) is 85.7 Å². The van der Waals surface area contributed by atoms with Gasteiger partial charge in [0.25, 0.3) is 0 Å². The summed E-state index contributed by atoms with van der Waals surface area (Å²) in [5.74, 6) is 0. The van der Waals surface area contributed by atoms with Crippen molar-refractivity contribution in [2.24, 2.45) is 0 Å². The fourth-order valence-electron chi connectivity index (χ4n) is 2.83. The number of para-hydroxylation sites is 1. The number of hydrogen-bond donors (Lipinski definition) is 1. The van der Waals surface area contributed by atoms with Gasteiger partial charge in [-0.2, -0.15) is 0 Å². The molecule has 0 aliphatic carbocycles. The lowest BCUT2D eigenvalue weighted by Crippen LogP contribution is -2.28. The molecule has 0 aromatic heterocycles. The summed E-state index contributed by atoms with van der Waals surface area (Å²) in [5, 5.41) is 3.46. The molecule has 0 amide bonds. The molecule has 0 fully saturated rings. The zero-order valence-corrected chi connectivity index (χ0v) is 13.3. The van der Waals surface area contributed by atoms with Crippen molar-refractivity contribution in [1.82, 2.24) is 5.32 Å². The lowest BCUT2D eigenvalue weighted by Gasteiger charge is -2.26. The van der Waals surface area contributed by atoms with Gasteiger partial charge >= 0.3 is 0 Å². The Kier molecular flexibility index (Phi) is 5.82. The predicted molar refractivity (Wildman–Crippen MR) is 91.9 cm³/mol. The highest BCUT2D eigenvalue weighted by Gasteiger charge is 2.13. The Morgan fingerprint density at radius 2 is 1.67 bits per heavy atom. The Balaban J connectivity index is 2.04. The zero-order valence-electron chi connectivity index (χ0n) is 13.3. The Labute approximate surface area is 128 Å².